The molecule has 21 heavy (non-hydrogen) atoms. The zero-order valence-electron chi connectivity index (χ0n) is 12.0. The van der Waals surface area contributed by atoms with Gasteiger partial charge in [-0.05, 0) is 12.5 Å². The summed E-state index contributed by atoms with van der Waals surface area (Å²) in [6.45, 7) is 1.57. The molecule has 0 radical (unpaired) electrons. The minimum atomic E-state index is -1.14. The third-order valence-electron chi connectivity index (χ3n) is 3.45. The molecule has 1 unspecified atom stereocenters. The summed E-state index contributed by atoms with van der Waals surface area (Å²) in [6.07, 6.45) is 1.55. The number of carbonyl (C=O) groups is 1. The number of H-pyrrole nitrogens is 1. The molecule has 2 rings (SSSR count). The van der Waals surface area contributed by atoms with Crippen LogP contribution in [0, 0.1) is 12.7 Å². The van der Waals surface area contributed by atoms with Crippen molar-refractivity contribution in [2.75, 3.05) is 14.2 Å². The Bertz CT molecular complexity index is 696. The summed E-state index contributed by atoms with van der Waals surface area (Å²) in [7, 11) is 2.89. The van der Waals surface area contributed by atoms with Gasteiger partial charge in [-0.15, -0.1) is 0 Å². The maximum atomic E-state index is 14.6. The monoisotopic (exact) mass is 296 g/mol. The molecule has 0 saturated carbocycles. The highest BCUT2D eigenvalue weighted by atomic mass is 19.1. The number of fused-ring (bicyclic) bond motifs is 1. The molecule has 1 aromatic heterocycles. The van der Waals surface area contributed by atoms with E-state index in [0.29, 0.717) is 28.1 Å². The molecule has 4 N–H and O–H groups in total. The predicted molar refractivity (Wildman–Crippen MR) is 75.4 cm³/mol. The Morgan fingerprint density at radius 1 is 1.43 bits per heavy atom. The van der Waals surface area contributed by atoms with Gasteiger partial charge in [-0.1, -0.05) is 0 Å². The van der Waals surface area contributed by atoms with Gasteiger partial charge in [0.15, 0.2) is 11.5 Å². The van der Waals surface area contributed by atoms with Crippen molar-refractivity contribution < 1.29 is 23.8 Å². The van der Waals surface area contributed by atoms with E-state index in [0.717, 1.165) is 0 Å². The Morgan fingerprint density at radius 3 is 2.57 bits per heavy atom. The van der Waals surface area contributed by atoms with Gasteiger partial charge in [0.25, 0.3) is 0 Å². The largest absolute Gasteiger partial charge is 0.492 e. The number of methoxy groups -OCH3 is 2. The van der Waals surface area contributed by atoms with Gasteiger partial charge in [0.2, 0.25) is 0 Å². The lowest BCUT2D eigenvalue weighted by atomic mass is 10.0. The van der Waals surface area contributed by atoms with E-state index in [2.05, 4.69) is 4.98 Å². The van der Waals surface area contributed by atoms with Gasteiger partial charge in [0.1, 0.15) is 11.9 Å². The molecule has 1 heterocycles. The lowest BCUT2D eigenvalue weighted by Gasteiger charge is -2.13. The molecule has 0 saturated heterocycles. The number of aromatic nitrogens is 1. The number of nitrogens with two attached hydrogens (primary N) is 1. The van der Waals surface area contributed by atoms with Crippen LogP contribution >= 0.6 is 0 Å². The van der Waals surface area contributed by atoms with Crippen LogP contribution in [0.3, 0.4) is 0 Å². The molecule has 7 heteroatoms. The molecule has 0 fully saturated rings. The molecule has 0 amide bonds. The molecule has 2 aromatic rings. The number of aromatic amines is 1. The predicted octanol–water partition coefficient (Wildman–Crippen LogP) is 1.59. The highest BCUT2D eigenvalue weighted by Crippen LogP contribution is 2.41. The molecule has 114 valence electrons. The van der Waals surface area contributed by atoms with Crippen molar-refractivity contribution >= 4 is 16.9 Å². The van der Waals surface area contributed by atoms with Crippen molar-refractivity contribution in [1.82, 2.24) is 4.98 Å². The molecule has 0 aliphatic heterocycles. The van der Waals surface area contributed by atoms with Crippen LogP contribution in [0.2, 0.25) is 0 Å². The van der Waals surface area contributed by atoms with E-state index in [1.54, 1.807) is 6.92 Å². The summed E-state index contributed by atoms with van der Waals surface area (Å²) >= 11 is 0. The molecule has 0 aliphatic carbocycles. The fourth-order valence-electron chi connectivity index (χ4n) is 2.39. The maximum absolute atomic E-state index is 14.6. The van der Waals surface area contributed by atoms with Crippen molar-refractivity contribution in [1.29, 1.82) is 0 Å². The van der Waals surface area contributed by atoms with Crippen molar-refractivity contribution in [2.24, 2.45) is 5.73 Å². The molecule has 6 nitrogen and oxygen atoms in total. The molecule has 0 spiro atoms. The zero-order valence-corrected chi connectivity index (χ0v) is 12.0. The van der Waals surface area contributed by atoms with Crippen LogP contribution in [0.5, 0.6) is 11.5 Å². The molecule has 1 aromatic carbocycles. The van der Waals surface area contributed by atoms with Gasteiger partial charge in [-0.2, -0.15) is 0 Å². The SMILES string of the molecule is COc1c(C)c(F)c2c(CC(N)C(=O)O)c[nH]c2c1OC. The van der Waals surface area contributed by atoms with Gasteiger partial charge in [-0.25, -0.2) is 4.39 Å². The van der Waals surface area contributed by atoms with Gasteiger partial charge in [0, 0.05) is 23.6 Å². The van der Waals surface area contributed by atoms with Crippen LogP contribution in [0.25, 0.3) is 10.9 Å². The van der Waals surface area contributed by atoms with Crippen molar-refractivity contribution in [3.05, 3.63) is 23.1 Å². The number of hydrogen-bond donors (Lipinski definition) is 3. The smallest absolute Gasteiger partial charge is 0.320 e. The number of carboxylic acid groups (broad SMARTS) is 1. The van der Waals surface area contributed by atoms with Gasteiger partial charge < -0.3 is 25.3 Å². The molecular weight excluding hydrogens is 279 g/mol. The maximum Gasteiger partial charge on any atom is 0.320 e. The van der Waals surface area contributed by atoms with Gasteiger partial charge in [-0.3, -0.25) is 4.79 Å². The molecule has 0 aliphatic rings. The van der Waals surface area contributed by atoms with E-state index < -0.39 is 17.8 Å². The minimum Gasteiger partial charge on any atom is -0.492 e. The fraction of sp³-hybridized carbons (Fsp3) is 0.357. The van der Waals surface area contributed by atoms with E-state index >= 15 is 0 Å². The minimum absolute atomic E-state index is 0.0151. The van der Waals surface area contributed by atoms with Crippen molar-refractivity contribution in [2.45, 2.75) is 19.4 Å². The first-order chi connectivity index (χ1) is 9.92. The molecular formula is C14H17FN2O4. The second-order valence-electron chi connectivity index (χ2n) is 4.72. The second-order valence-corrected chi connectivity index (χ2v) is 4.72. The molecule has 0 bridgehead atoms. The van der Waals surface area contributed by atoms with E-state index in [1.165, 1.54) is 20.4 Å². The standard InChI is InChI=1S/C14H17FN2O4/c1-6-10(15)9-7(4-8(16)14(18)19)5-17-11(9)13(21-3)12(6)20-2/h5,8,17H,4,16H2,1-3H3,(H,18,19). The second kappa shape index (κ2) is 5.61. The Hall–Kier alpha value is -2.28. The Balaban J connectivity index is 2.67. The zero-order chi connectivity index (χ0) is 15.7. The van der Waals surface area contributed by atoms with Crippen molar-refractivity contribution in [3.63, 3.8) is 0 Å². The summed E-state index contributed by atoms with van der Waals surface area (Å²) in [4.78, 5) is 13.8. The summed E-state index contributed by atoms with van der Waals surface area (Å²) < 4.78 is 25.0. The quantitative estimate of drug-likeness (QED) is 0.778. The number of benzene rings is 1. The molecule has 1 atom stereocenters. The average Bonchev–Trinajstić information content (AvgIpc) is 2.86. The first-order valence-corrected chi connectivity index (χ1v) is 6.30. The number of ether oxygens (including phenoxy) is 2. The van der Waals surface area contributed by atoms with E-state index in [4.69, 9.17) is 20.3 Å². The Morgan fingerprint density at radius 2 is 2.05 bits per heavy atom. The topological polar surface area (TPSA) is 97.6 Å². The first-order valence-electron chi connectivity index (χ1n) is 6.30. The summed E-state index contributed by atoms with van der Waals surface area (Å²) in [5, 5.41) is 9.17. The number of nitrogens with one attached hydrogen (secondary N) is 1. The Labute approximate surface area is 120 Å². The van der Waals surface area contributed by atoms with Gasteiger partial charge in [0.05, 0.1) is 19.7 Å². The summed E-state index contributed by atoms with van der Waals surface area (Å²) in [5.74, 6) is -0.932. The fourth-order valence-corrected chi connectivity index (χ4v) is 2.39. The average molecular weight is 296 g/mol. The van der Waals surface area contributed by atoms with Crippen LogP contribution in [0.1, 0.15) is 11.1 Å². The summed E-state index contributed by atoms with van der Waals surface area (Å²) in [6, 6.07) is -1.10. The van der Waals surface area contributed by atoms with E-state index in [1.807, 2.05) is 0 Å². The highest BCUT2D eigenvalue weighted by molar-refractivity contribution is 5.93. The number of aliphatic carboxylic acids is 1. The van der Waals surface area contributed by atoms with Gasteiger partial charge >= 0.3 is 5.97 Å². The van der Waals surface area contributed by atoms with Crippen LogP contribution in [0.4, 0.5) is 4.39 Å². The highest BCUT2D eigenvalue weighted by Gasteiger charge is 2.24. The van der Waals surface area contributed by atoms with Crippen LogP contribution in [-0.2, 0) is 11.2 Å². The number of hydrogen-bond acceptors (Lipinski definition) is 4. The third-order valence-corrected chi connectivity index (χ3v) is 3.45. The third kappa shape index (κ3) is 2.40. The lowest BCUT2D eigenvalue weighted by molar-refractivity contribution is -0.138. The number of rotatable bonds is 5. The Kier molecular flexibility index (Phi) is 4.04. The van der Waals surface area contributed by atoms with Crippen LogP contribution in [-0.4, -0.2) is 36.3 Å². The summed E-state index contributed by atoms with van der Waals surface area (Å²) in [5.41, 5.74) is 6.73. The normalized spacial score (nSPS) is 12.4. The number of halogens is 1. The number of carboxylic acids is 1. The first kappa shape index (κ1) is 15.1. The van der Waals surface area contributed by atoms with E-state index in [-0.39, 0.29) is 11.8 Å². The van der Waals surface area contributed by atoms with Crippen LogP contribution in [0.15, 0.2) is 6.20 Å². The van der Waals surface area contributed by atoms with E-state index in [9.17, 15) is 9.18 Å². The van der Waals surface area contributed by atoms with Crippen molar-refractivity contribution in [3.8, 4) is 11.5 Å². The lowest BCUT2D eigenvalue weighted by Crippen LogP contribution is -2.32. The van der Waals surface area contributed by atoms with Crippen LogP contribution < -0.4 is 15.2 Å².